The number of aromatic nitrogens is 4. The number of hydrogen-bond acceptors (Lipinski definition) is 6. The molecular formula is C23H22ClN5O4. The van der Waals surface area contributed by atoms with Gasteiger partial charge in [0.1, 0.15) is 22.4 Å². The van der Waals surface area contributed by atoms with E-state index in [-0.39, 0.29) is 16.6 Å². The van der Waals surface area contributed by atoms with Crippen LogP contribution in [0.1, 0.15) is 35.0 Å². The van der Waals surface area contributed by atoms with E-state index < -0.39 is 17.2 Å². The number of hydrogen-bond donors (Lipinski definition) is 1. The maximum Gasteiger partial charge on any atom is 0.332 e. The van der Waals surface area contributed by atoms with Crippen molar-refractivity contribution in [3.05, 3.63) is 73.2 Å². The van der Waals surface area contributed by atoms with Crippen molar-refractivity contribution in [1.82, 2.24) is 19.3 Å². The number of amides is 1. The summed E-state index contributed by atoms with van der Waals surface area (Å²) in [5, 5.41) is 7.50. The van der Waals surface area contributed by atoms with Gasteiger partial charge in [-0.1, -0.05) is 48.3 Å². The van der Waals surface area contributed by atoms with E-state index in [0.717, 1.165) is 11.0 Å². The van der Waals surface area contributed by atoms with Crippen LogP contribution in [0.25, 0.3) is 22.3 Å². The van der Waals surface area contributed by atoms with Crippen molar-refractivity contribution >= 4 is 34.2 Å². The Morgan fingerprint density at radius 2 is 1.91 bits per heavy atom. The molecule has 4 aromatic rings. The van der Waals surface area contributed by atoms with E-state index in [1.807, 2.05) is 6.92 Å². The van der Waals surface area contributed by atoms with Gasteiger partial charge in [0, 0.05) is 25.9 Å². The van der Waals surface area contributed by atoms with Crippen LogP contribution >= 0.6 is 11.6 Å². The van der Waals surface area contributed by atoms with E-state index in [1.54, 1.807) is 37.4 Å². The maximum absolute atomic E-state index is 13.5. The minimum atomic E-state index is -0.540. The van der Waals surface area contributed by atoms with E-state index in [9.17, 15) is 14.4 Å². The SMILES string of the molecule is CCCc1cnc2c(c1NC(=O)c1c(-c3ccccc3Cl)noc1C)c(=O)n(C)c(=O)n2C. The summed E-state index contributed by atoms with van der Waals surface area (Å²) < 4.78 is 7.59. The number of pyridine rings is 1. The molecule has 0 aliphatic rings. The molecule has 0 aliphatic heterocycles. The van der Waals surface area contributed by atoms with Gasteiger partial charge in [0.05, 0.1) is 10.7 Å². The predicted molar refractivity (Wildman–Crippen MR) is 126 cm³/mol. The summed E-state index contributed by atoms with van der Waals surface area (Å²) in [6, 6.07) is 7.00. The number of nitrogens with zero attached hydrogens (tertiary/aromatic N) is 4. The molecule has 0 spiro atoms. The topological polar surface area (TPSA) is 112 Å². The average molecular weight is 468 g/mol. The van der Waals surface area contributed by atoms with Gasteiger partial charge in [-0.2, -0.15) is 0 Å². The molecule has 0 unspecified atom stereocenters. The summed E-state index contributed by atoms with van der Waals surface area (Å²) in [7, 11) is 2.92. The molecule has 1 amide bonds. The van der Waals surface area contributed by atoms with Gasteiger partial charge in [-0.05, 0) is 25.0 Å². The molecule has 1 N–H and O–H groups in total. The fraction of sp³-hybridized carbons (Fsp3) is 0.261. The lowest BCUT2D eigenvalue weighted by Crippen LogP contribution is -2.38. The van der Waals surface area contributed by atoms with Crippen LogP contribution < -0.4 is 16.6 Å². The van der Waals surface area contributed by atoms with Crippen molar-refractivity contribution in [3.63, 3.8) is 0 Å². The van der Waals surface area contributed by atoms with Gasteiger partial charge < -0.3 is 9.84 Å². The third-order valence-electron chi connectivity index (χ3n) is 5.52. The minimum Gasteiger partial charge on any atom is -0.360 e. The number of fused-ring (bicyclic) bond motifs is 1. The van der Waals surface area contributed by atoms with Crippen LogP contribution in [0.4, 0.5) is 5.69 Å². The number of carbonyl (C=O) groups is 1. The second-order valence-corrected chi connectivity index (χ2v) is 8.12. The van der Waals surface area contributed by atoms with Gasteiger partial charge in [0.15, 0.2) is 5.65 Å². The van der Waals surface area contributed by atoms with Gasteiger partial charge in [-0.3, -0.25) is 18.7 Å². The third-order valence-corrected chi connectivity index (χ3v) is 5.85. The number of rotatable bonds is 5. The Balaban J connectivity index is 1.92. The van der Waals surface area contributed by atoms with Crippen LogP contribution in [-0.2, 0) is 20.5 Å². The Morgan fingerprint density at radius 1 is 1.18 bits per heavy atom. The maximum atomic E-state index is 13.5. The molecule has 9 nitrogen and oxygen atoms in total. The molecule has 0 saturated heterocycles. The van der Waals surface area contributed by atoms with Crippen LogP contribution in [0.2, 0.25) is 5.02 Å². The van der Waals surface area contributed by atoms with Crippen LogP contribution in [0.3, 0.4) is 0 Å². The summed E-state index contributed by atoms with van der Waals surface area (Å²) in [6.07, 6.45) is 2.92. The number of aryl methyl sites for hydroxylation is 3. The summed E-state index contributed by atoms with van der Waals surface area (Å²) in [4.78, 5) is 43.3. The molecule has 0 atom stereocenters. The number of halogens is 1. The molecule has 0 bridgehead atoms. The first-order valence-corrected chi connectivity index (χ1v) is 10.7. The van der Waals surface area contributed by atoms with Crippen LogP contribution in [0, 0.1) is 6.92 Å². The summed E-state index contributed by atoms with van der Waals surface area (Å²) in [6.45, 7) is 3.61. The Bertz CT molecular complexity index is 1520. The van der Waals surface area contributed by atoms with E-state index in [4.69, 9.17) is 16.1 Å². The zero-order valence-corrected chi connectivity index (χ0v) is 19.4. The third kappa shape index (κ3) is 3.74. The summed E-state index contributed by atoms with van der Waals surface area (Å²) >= 11 is 6.32. The molecule has 0 saturated carbocycles. The standard InChI is InChI=1S/C23H22ClN5O4/c1-5-8-13-11-25-20-17(22(31)29(4)23(32)28(20)3)18(13)26-21(30)16-12(2)33-27-19(16)14-9-6-7-10-15(14)24/h6-7,9-11H,5,8H2,1-4H3,(H,25,26,30). The van der Waals surface area contributed by atoms with Crippen LogP contribution in [-0.4, -0.2) is 25.2 Å². The van der Waals surface area contributed by atoms with Crippen molar-refractivity contribution < 1.29 is 9.32 Å². The van der Waals surface area contributed by atoms with E-state index in [1.165, 1.54) is 18.7 Å². The van der Waals surface area contributed by atoms with Gasteiger partial charge in [-0.25, -0.2) is 9.78 Å². The molecule has 0 fully saturated rings. The zero-order valence-electron chi connectivity index (χ0n) is 18.6. The van der Waals surface area contributed by atoms with Crippen molar-refractivity contribution in [3.8, 4) is 11.3 Å². The van der Waals surface area contributed by atoms with Crippen LogP contribution in [0.15, 0.2) is 44.6 Å². The summed E-state index contributed by atoms with van der Waals surface area (Å²) in [5.74, 6) is -0.206. The monoisotopic (exact) mass is 467 g/mol. The average Bonchev–Trinajstić information content (AvgIpc) is 3.18. The normalized spacial score (nSPS) is 11.2. The molecule has 3 heterocycles. The minimum absolute atomic E-state index is 0.160. The lowest BCUT2D eigenvalue weighted by atomic mass is 10.0. The fourth-order valence-electron chi connectivity index (χ4n) is 3.82. The predicted octanol–water partition coefficient (Wildman–Crippen LogP) is 3.45. The molecular weight excluding hydrogens is 446 g/mol. The highest BCUT2D eigenvalue weighted by Crippen LogP contribution is 2.32. The lowest BCUT2D eigenvalue weighted by molar-refractivity contribution is 0.102. The molecule has 170 valence electrons. The van der Waals surface area contributed by atoms with Crippen molar-refractivity contribution in [1.29, 1.82) is 0 Å². The molecule has 10 heteroatoms. The molecule has 3 aromatic heterocycles. The zero-order chi connectivity index (χ0) is 23.9. The Morgan fingerprint density at radius 3 is 2.61 bits per heavy atom. The van der Waals surface area contributed by atoms with Crippen LogP contribution in [0.5, 0.6) is 0 Å². The Hall–Kier alpha value is -3.72. The Labute approximate surface area is 193 Å². The highest BCUT2D eigenvalue weighted by molar-refractivity contribution is 6.33. The first-order chi connectivity index (χ1) is 15.8. The smallest absolute Gasteiger partial charge is 0.332 e. The highest BCUT2D eigenvalue weighted by atomic mass is 35.5. The first kappa shape index (κ1) is 22.5. The fourth-order valence-corrected chi connectivity index (χ4v) is 4.05. The molecule has 0 radical (unpaired) electrons. The quantitative estimate of drug-likeness (QED) is 0.481. The molecule has 0 aliphatic carbocycles. The highest BCUT2D eigenvalue weighted by Gasteiger charge is 2.25. The number of carbonyl (C=O) groups excluding carboxylic acids is 1. The van der Waals surface area contributed by atoms with E-state index in [0.29, 0.717) is 39.7 Å². The van der Waals surface area contributed by atoms with Crippen molar-refractivity contribution in [2.75, 3.05) is 5.32 Å². The molecule has 4 rings (SSSR count). The van der Waals surface area contributed by atoms with Gasteiger partial charge >= 0.3 is 5.69 Å². The second kappa shape index (κ2) is 8.67. The second-order valence-electron chi connectivity index (χ2n) is 7.71. The van der Waals surface area contributed by atoms with E-state index in [2.05, 4.69) is 15.5 Å². The first-order valence-electron chi connectivity index (χ1n) is 10.4. The van der Waals surface area contributed by atoms with E-state index >= 15 is 0 Å². The number of nitrogens with one attached hydrogen (secondary N) is 1. The van der Waals surface area contributed by atoms with Gasteiger partial charge in [-0.15, -0.1) is 0 Å². The molecule has 1 aromatic carbocycles. The molecule has 33 heavy (non-hydrogen) atoms. The van der Waals surface area contributed by atoms with Crippen molar-refractivity contribution in [2.24, 2.45) is 14.1 Å². The summed E-state index contributed by atoms with van der Waals surface area (Å²) in [5.41, 5.74) is 1.19. The largest absolute Gasteiger partial charge is 0.360 e. The lowest BCUT2D eigenvalue weighted by Gasteiger charge is -2.15. The Kier molecular flexibility index (Phi) is 5.90. The van der Waals surface area contributed by atoms with Gasteiger partial charge in [0.25, 0.3) is 11.5 Å². The van der Waals surface area contributed by atoms with Gasteiger partial charge in [0.2, 0.25) is 0 Å². The van der Waals surface area contributed by atoms with Crippen molar-refractivity contribution in [2.45, 2.75) is 26.7 Å². The number of anilines is 1. The number of benzene rings is 1.